The highest BCUT2D eigenvalue weighted by Crippen LogP contribution is 2.43. The molecule has 0 amide bonds. The Hall–Kier alpha value is -3.55. The molecule has 0 bridgehead atoms. The monoisotopic (exact) mass is 797 g/mol. The molecule has 8 nitrogen and oxygen atoms in total. The van der Waals surface area contributed by atoms with Gasteiger partial charge in [0.25, 0.3) is 0 Å². The largest absolute Gasteiger partial charge is 0.472 e. The van der Waals surface area contributed by atoms with Crippen LogP contribution in [0.2, 0.25) is 0 Å². The molecule has 2 unspecified atom stereocenters. The highest BCUT2D eigenvalue weighted by Gasteiger charge is 2.25. The highest BCUT2D eigenvalue weighted by molar-refractivity contribution is 7.47. The quantitative estimate of drug-likeness (QED) is 0.0289. The molecule has 314 valence electrons. The molecule has 0 saturated heterocycles. The summed E-state index contributed by atoms with van der Waals surface area (Å²) in [5, 5.41) is 0. The zero-order chi connectivity index (χ0) is 41.1. The van der Waals surface area contributed by atoms with Crippen LogP contribution in [-0.2, 0) is 32.7 Å². The lowest BCUT2D eigenvalue weighted by Gasteiger charge is -2.19. The van der Waals surface area contributed by atoms with Gasteiger partial charge >= 0.3 is 19.8 Å². The predicted octanol–water partition coefficient (Wildman–Crippen LogP) is 13.2. The molecule has 0 radical (unpaired) electrons. The van der Waals surface area contributed by atoms with E-state index in [1.165, 1.54) is 0 Å². The summed E-state index contributed by atoms with van der Waals surface area (Å²) in [6.45, 7) is 5.10. The van der Waals surface area contributed by atoms with E-state index in [9.17, 15) is 19.0 Å². The van der Waals surface area contributed by atoms with Crippen LogP contribution >= 0.6 is 7.82 Å². The number of unbranched alkanes of at least 4 members (excludes halogenated alkanes) is 4. The van der Waals surface area contributed by atoms with E-state index in [0.717, 1.165) is 89.9 Å². The van der Waals surface area contributed by atoms with Gasteiger partial charge in [0, 0.05) is 12.8 Å². The summed E-state index contributed by atoms with van der Waals surface area (Å²) in [6.07, 6.45) is 56.9. The van der Waals surface area contributed by atoms with Crippen molar-refractivity contribution in [2.45, 2.75) is 142 Å². The summed E-state index contributed by atoms with van der Waals surface area (Å²) >= 11 is 0. The molecule has 0 saturated carbocycles. The molecule has 9 heteroatoms. The molecule has 0 aliphatic heterocycles. The van der Waals surface area contributed by atoms with Gasteiger partial charge in [-0.1, -0.05) is 142 Å². The molecule has 0 aromatic rings. The Labute approximate surface area is 340 Å². The maximum absolute atomic E-state index is 12.5. The summed E-state index contributed by atoms with van der Waals surface area (Å²) in [7, 11) is -4.31. The van der Waals surface area contributed by atoms with E-state index in [0.29, 0.717) is 12.8 Å². The molecule has 0 aliphatic carbocycles. The topological polar surface area (TPSA) is 108 Å². The second kappa shape index (κ2) is 41.1. The average molecular weight is 797 g/mol. The number of phosphoric acid groups is 1. The number of esters is 2. The number of ether oxygens (including phenoxy) is 2. The third kappa shape index (κ3) is 40.1. The lowest BCUT2D eigenvalue weighted by atomic mass is 10.1. The van der Waals surface area contributed by atoms with Crippen molar-refractivity contribution in [2.75, 3.05) is 19.8 Å². The normalized spacial score (nSPS) is 14.6. The van der Waals surface area contributed by atoms with Gasteiger partial charge < -0.3 is 14.4 Å². The van der Waals surface area contributed by atoms with Gasteiger partial charge in [-0.15, -0.1) is 0 Å². The van der Waals surface area contributed by atoms with Crippen molar-refractivity contribution in [3.05, 3.63) is 122 Å². The van der Waals surface area contributed by atoms with Crippen molar-refractivity contribution in [3.8, 4) is 0 Å². The Kier molecular flexibility index (Phi) is 38.5. The Morgan fingerprint density at radius 3 is 1.30 bits per heavy atom. The second-order valence-electron chi connectivity index (χ2n) is 12.9. The van der Waals surface area contributed by atoms with Crippen LogP contribution in [0, 0.1) is 0 Å². The SMILES string of the molecule is CC/C=C\C/C=C\C/C=C\C/C=C\C/C=C\CCCCCC(=O)OC(COC(=O)CCC/C=C\C/C=C\C/C=C\C/C=C\C/C=C\CC)COP(=O)(O)OCC. The standard InChI is InChI=1S/C47H73O8P/c1-4-7-9-11-13-15-17-19-21-23-24-26-28-30-32-34-36-38-40-42-47(49)55-45(44-54-56(50,51)53-6-3)43-52-46(48)41-39-37-35-33-31-29-27-25-22-20-18-16-14-12-10-8-5-2/h7-10,13-16,19-22,24,26-27,29-30,32-33,35,45H,4-6,11-12,17-18,23,25,28,31,34,36-44H2,1-3H3,(H,50,51)/b9-7-,10-8-,15-13-,16-14-,21-19-,22-20-,26-24-,29-27-,32-30-,35-33-. The van der Waals surface area contributed by atoms with E-state index in [1.54, 1.807) is 6.92 Å². The number of hydrogen-bond acceptors (Lipinski definition) is 7. The summed E-state index contributed by atoms with van der Waals surface area (Å²) in [6, 6.07) is 0. The molecule has 0 spiro atoms. The van der Waals surface area contributed by atoms with Gasteiger partial charge in [-0.3, -0.25) is 18.6 Å². The first kappa shape index (κ1) is 52.5. The summed E-state index contributed by atoms with van der Waals surface area (Å²) in [4.78, 5) is 34.7. The van der Waals surface area contributed by atoms with Crippen molar-refractivity contribution in [1.82, 2.24) is 0 Å². The Morgan fingerprint density at radius 1 is 0.482 bits per heavy atom. The summed E-state index contributed by atoms with van der Waals surface area (Å²) in [5.41, 5.74) is 0. The maximum atomic E-state index is 12.5. The molecule has 0 aromatic carbocycles. The third-order valence-corrected chi connectivity index (χ3v) is 8.82. The Bertz CT molecular complexity index is 1310. The molecule has 1 N–H and O–H groups in total. The number of rotatable bonds is 36. The van der Waals surface area contributed by atoms with Crippen LogP contribution in [0.15, 0.2) is 122 Å². The van der Waals surface area contributed by atoms with E-state index in [1.807, 2.05) is 6.08 Å². The van der Waals surface area contributed by atoms with Crippen LogP contribution in [0.3, 0.4) is 0 Å². The minimum atomic E-state index is -4.31. The first-order valence-electron chi connectivity index (χ1n) is 20.8. The Morgan fingerprint density at radius 2 is 0.875 bits per heavy atom. The molecule has 56 heavy (non-hydrogen) atoms. The van der Waals surface area contributed by atoms with Crippen LogP contribution < -0.4 is 0 Å². The van der Waals surface area contributed by atoms with Crippen LogP contribution in [-0.4, -0.2) is 42.8 Å². The summed E-state index contributed by atoms with van der Waals surface area (Å²) in [5.74, 6) is -0.919. The molecule has 2 atom stereocenters. The molecule has 0 aromatic heterocycles. The number of carbonyl (C=O) groups is 2. The first-order valence-corrected chi connectivity index (χ1v) is 22.3. The van der Waals surface area contributed by atoms with Gasteiger partial charge in [-0.2, -0.15) is 0 Å². The minimum absolute atomic E-state index is 0.0231. The predicted molar refractivity (Wildman–Crippen MR) is 234 cm³/mol. The number of carbonyl (C=O) groups excluding carboxylic acids is 2. The van der Waals surface area contributed by atoms with Crippen LogP contribution in [0.5, 0.6) is 0 Å². The fourth-order valence-electron chi connectivity index (χ4n) is 4.81. The van der Waals surface area contributed by atoms with E-state index in [2.05, 4.69) is 129 Å². The minimum Gasteiger partial charge on any atom is -0.462 e. The molecule has 0 rings (SSSR count). The molecular formula is C47H73O8P. The van der Waals surface area contributed by atoms with E-state index in [4.69, 9.17) is 18.5 Å². The fourth-order valence-corrected chi connectivity index (χ4v) is 5.56. The number of allylic oxidation sites excluding steroid dienone is 20. The fraction of sp³-hybridized carbons (Fsp3) is 0.532. The van der Waals surface area contributed by atoms with Crippen molar-refractivity contribution in [1.29, 1.82) is 0 Å². The second-order valence-corrected chi connectivity index (χ2v) is 14.3. The van der Waals surface area contributed by atoms with E-state index < -0.39 is 32.5 Å². The zero-order valence-electron chi connectivity index (χ0n) is 34.7. The van der Waals surface area contributed by atoms with Crippen LogP contribution in [0.4, 0.5) is 0 Å². The van der Waals surface area contributed by atoms with Gasteiger partial charge in [-0.25, -0.2) is 4.57 Å². The molecule has 0 fully saturated rings. The third-order valence-electron chi connectivity index (χ3n) is 7.76. The zero-order valence-corrected chi connectivity index (χ0v) is 35.6. The lowest BCUT2D eigenvalue weighted by molar-refractivity contribution is -0.161. The lowest BCUT2D eigenvalue weighted by Crippen LogP contribution is -2.29. The van der Waals surface area contributed by atoms with Crippen LogP contribution in [0.1, 0.15) is 136 Å². The van der Waals surface area contributed by atoms with Gasteiger partial charge in [-0.05, 0) is 103 Å². The van der Waals surface area contributed by atoms with Crippen molar-refractivity contribution in [2.24, 2.45) is 0 Å². The van der Waals surface area contributed by atoms with Gasteiger partial charge in [0.15, 0.2) is 6.10 Å². The van der Waals surface area contributed by atoms with Crippen molar-refractivity contribution >= 4 is 19.8 Å². The van der Waals surface area contributed by atoms with Crippen molar-refractivity contribution in [3.63, 3.8) is 0 Å². The van der Waals surface area contributed by atoms with E-state index >= 15 is 0 Å². The molecule has 0 aliphatic rings. The first-order chi connectivity index (χ1) is 27.3. The van der Waals surface area contributed by atoms with Gasteiger partial charge in [0.1, 0.15) is 6.61 Å². The van der Waals surface area contributed by atoms with E-state index in [-0.39, 0.29) is 26.1 Å². The maximum Gasteiger partial charge on any atom is 0.472 e. The summed E-state index contributed by atoms with van der Waals surface area (Å²) < 4.78 is 32.5. The van der Waals surface area contributed by atoms with Crippen LogP contribution in [0.25, 0.3) is 0 Å². The number of hydrogen-bond donors (Lipinski definition) is 1. The Balaban J connectivity index is 4.30. The molecule has 0 heterocycles. The van der Waals surface area contributed by atoms with Gasteiger partial charge in [0.05, 0.1) is 13.2 Å². The van der Waals surface area contributed by atoms with Crippen molar-refractivity contribution < 1.29 is 37.6 Å². The molecular weight excluding hydrogens is 723 g/mol. The smallest absolute Gasteiger partial charge is 0.462 e. The van der Waals surface area contributed by atoms with Gasteiger partial charge in [0.2, 0.25) is 0 Å². The number of phosphoric ester groups is 1. The highest BCUT2D eigenvalue weighted by atomic mass is 31.2. The average Bonchev–Trinajstić information content (AvgIpc) is 3.18.